The number of rotatable bonds is 5. The number of methoxy groups -OCH3 is 1. The van der Waals surface area contributed by atoms with Gasteiger partial charge in [0.2, 0.25) is 0 Å². The number of carbonyl (C=O) groups is 3. The van der Waals surface area contributed by atoms with Gasteiger partial charge in [-0.05, 0) is 31.0 Å². The van der Waals surface area contributed by atoms with Gasteiger partial charge in [-0.2, -0.15) is 0 Å². The van der Waals surface area contributed by atoms with Crippen LogP contribution in [-0.2, 0) is 20.9 Å². The first-order valence-electron chi connectivity index (χ1n) is 7.77. The SMILES string of the molecule is COC(=O)c1ccoc1COC(=O)[C@@H]1CCCN1C(=O)c1ccco1. The molecule has 2 aromatic rings. The van der Waals surface area contributed by atoms with Gasteiger partial charge in [-0.25, -0.2) is 9.59 Å². The summed E-state index contributed by atoms with van der Waals surface area (Å²) in [5.41, 5.74) is 0.199. The van der Waals surface area contributed by atoms with Crippen molar-refractivity contribution >= 4 is 17.8 Å². The quantitative estimate of drug-likeness (QED) is 0.763. The molecule has 0 N–H and O–H groups in total. The molecule has 0 radical (unpaired) electrons. The van der Waals surface area contributed by atoms with Crippen LogP contribution in [0.5, 0.6) is 0 Å². The van der Waals surface area contributed by atoms with Gasteiger partial charge in [0.15, 0.2) is 11.5 Å². The van der Waals surface area contributed by atoms with E-state index in [1.54, 1.807) is 12.1 Å². The number of carbonyl (C=O) groups excluding carboxylic acids is 3. The van der Waals surface area contributed by atoms with Crippen LogP contribution in [0.25, 0.3) is 0 Å². The average molecular weight is 347 g/mol. The summed E-state index contributed by atoms with van der Waals surface area (Å²) in [5, 5.41) is 0. The number of ether oxygens (including phenoxy) is 2. The third-order valence-electron chi connectivity index (χ3n) is 4.01. The van der Waals surface area contributed by atoms with E-state index in [2.05, 4.69) is 4.74 Å². The van der Waals surface area contributed by atoms with E-state index in [4.69, 9.17) is 13.6 Å². The van der Waals surface area contributed by atoms with Gasteiger partial charge >= 0.3 is 11.9 Å². The van der Waals surface area contributed by atoms with E-state index in [0.717, 1.165) is 0 Å². The molecule has 0 spiro atoms. The van der Waals surface area contributed by atoms with Crippen molar-refractivity contribution in [1.29, 1.82) is 0 Å². The van der Waals surface area contributed by atoms with Crippen molar-refractivity contribution < 1.29 is 32.7 Å². The largest absolute Gasteiger partial charge is 0.465 e. The Morgan fingerprint density at radius 2 is 2.08 bits per heavy atom. The molecule has 25 heavy (non-hydrogen) atoms. The molecule has 1 aliphatic heterocycles. The first-order chi connectivity index (χ1) is 12.1. The maximum atomic E-state index is 12.4. The number of hydrogen-bond donors (Lipinski definition) is 0. The minimum absolute atomic E-state index is 0.179. The summed E-state index contributed by atoms with van der Waals surface area (Å²) < 4.78 is 20.1. The number of furan rings is 2. The lowest BCUT2D eigenvalue weighted by Crippen LogP contribution is -2.41. The van der Waals surface area contributed by atoms with Gasteiger partial charge in [-0.3, -0.25) is 4.79 Å². The predicted octanol–water partition coefficient (Wildman–Crippen LogP) is 2.01. The lowest BCUT2D eigenvalue weighted by atomic mass is 10.2. The summed E-state index contributed by atoms with van der Waals surface area (Å²) in [6.45, 7) is 0.239. The second kappa shape index (κ2) is 7.25. The molecular weight excluding hydrogens is 330 g/mol. The highest BCUT2D eigenvalue weighted by atomic mass is 16.5. The van der Waals surface area contributed by atoms with Gasteiger partial charge in [-0.15, -0.1) is 0 Å². The summed E-state index contributed by atoms with van der Waals surface area (Å²) in [5.74, 6) is -1.10. The molecule has 8 heteroatoms. The topological polar surface area (TPSA) is 99.2 Å². The summed E-state index contributed by atoms with van der Waals surface area (Å²) in [6, 6.07) is 3.92. The predicted molar refractivity (Wildman–Crippen MR) is 82.6 cm³/mol. The Morgan fingerprint density at radius 3 is 2.80 bits per heavy atom. The fraction of sp³-hybridized carbons (Fsp3) is 0.353. The fourth-order valence-electron chi connectivity index (χ4n) is 2.77. The van der Waals surface area contributed by atoms with Crippen LogP contribution in [0.2, 0.25) is 0 Å². The molecule has 3 rings (SSSR count). The Labute approximate surface area is 143 Å². The Balaban J connectivity index is 1.64. The molecule has 1 saturated heterocycles. The highest BCUT2D eigenvalue weighted by Gasteiger charge is 2.36. The Hall–Kier alpha value is -3.03. The minimum Gasteiger partial charge on any atom is -0.465 e. The van der Waals surface area contributed by atoms with Crippen LogP contribution in [0.1, 0.15) is 39.5 Å². The fourth-order valence-corrected chi connectivity index (χ4v) is 2.77. The van der Waals surface area contributed by atoms with Crippen molar-refractivity contribution in [3.63, 3.8) is 0 Å². The van der Waals surface area contributed by atoms with E-state index in [0.29, 0.717) is 19.4 Å². The van der Waals surface area contributed by atoms with Crippen LogP contribution in [0, 0.1) is 0 Å². The third-order valence-corrected chi connectivity index (χ3v) is 4.01. The van der Waals surface area contributed by atoms with Gasteiger partial charge in [0.1, 0.15) is 18.2 Å². The van der Waals surface area contributed by atoms with Crippen LogP contribution in [-0.4, -0.2) is 42.4 Å². The Bertz CT molecular complexity index is 762. The van der Waals surface area contributed by atoms with E-state index < -0.39 is 18.0 Å². The lowest BCUT2D eigenvalue weighted by Gasteiger charge is -2.22. The first kappa shape index (κ1) is 16.8. The van der Waals surface area contributed by atoms with Gasteiger partial charge in [0, 0.05) is 6.54 Å². The molecule has 0 bridgehead atoms. The van der Waals surface area contributed by atoms with Crippen LogP contribution in [0.3, 0.4) is 0 Å². The molecule has 3 heterocycles. The highest BCUT2D eigenvalue weighted by Crippen LogP contribution is 2.22. The molecule has 1 atom stereocenters. The zero-order valence-electron chi connectivity index (χ0n) is 13.6. The molecule has 2 aromatic heterocycles. The van der Waals surface area contributed by atoms with Crippen LogP contribution < -0.4 is 0 Å². The van der Waals surface area contributed by atoms with Gasteiger partial charge < -0.3 is 23.2 Å². The number of nitrogens with zero attached hydrogens (tertiary/aromatic N) is 1. The molecule has 0 aliphatic carbocycles. The molecule has 0 aromatic carbocycles. The second-order valence-electron chi connectivity index (χ2n) is 5.49. The molecule has 1 amide bonds. The van der Waals surface area contributed by atoms with Crippen LogP contribution in [0.4, 0.5) is 0 Å². The van der Waals surface area contributed by atoms with Crippen LogP contribution in [0.15, 0.2) is 39.6 Å². The van der Waals surface area contributed by atoms with Gasteiger partial charge in [0.25, 0.3) is 5.91 Å². The molecule has 1 fully saturated rings. The average Bonchev–Trinajstić information content (AvgIpc) is 3.39. The van der Waals surface area contributed by atoms with E-state index in [1.165, 1.54) is 30.6 Å². The van der Waals surface area contributed by atoms with Crippen molar-refractivity contribution in [2.75, 3.05) is 13.7 Å². The summed E-state index contributed by atoms with van der Waals surface area (Å²) in [6.07, 6.45) is 3.92. The molecule has 8 nitrogen and oxygen atoms in total. The van der Waals surface area contributed by atoms with E-state index in [9.17, 15) is 14.4 Å². The van der Waals surface area contributed by atoms with Gasteiger partial charge in [-0.1, -0.05) is 0 Å². The van der Waals surface area contributed by atoms with Crippen molar-refractivity contribution in [2.24, 2.45) is 0 Å². The smallest absolute Gasteiger partial charge is 0.341 e. The van der Waals surface area contributed by atoms with Crippen molar-refractivity contribution in [1.82, 2.24) is 4.90 Å². The highest BCUT2D eigenvalue weighted by molar-refractivity contribution is 5.95. The lowest BCUT2D eigenvalue weighted by molar-refractivity contribution is -0.150. The molecular formula is C17H17NO7. The maximum absolute atomic E-state index is 12.4. The molecule has 0 saturated carbocycles. The minimum atomic E-state index is -0.686. The number of amides is 1. The first-order valence-corrected chi connectivity index (χ1v) is 7.77. The van der Waals surface area contributed by atoms with Crippen molar-refractivity contribution in [3.8, 4) is 0 Å². The standard InChI is InChI=1S/C17H17NO7/c1-22-16(20)11-6-9-24-14(11)10-25-17(21)12-4-2-7-18(12)15(19)13-5-3-8-23-13/h3,5-6,8-9,12H,2,4,7,10H2,1H3/t12-/m0/s1. The second-order valence-corrected chi connectivity index (χ2v) is 5.49. The Kier molecular flexibility index (Phi) is 4.87. The number of esters is 2. The summed E-state index contributed by atoms with van der Waals surface area (Å²) in [4.78, 5) is 37.8. The van der Waals surface area contributed by atoms with Crippen molar-refractivity contribution in [2.45, 2.75) is 25.5 Å². The molecule has 132 valence electrons. The monoisotopic (exact) mass is 347 g/mol. The zero-order chi connectivity index (χ0) is 17.8. The summed E-state index contributed by atoms with van der Waals surface area (Å²) >= 11 is 0. The van der Waals surface area contributed by atoms with E-state index in [1.807, 2.05) is 0 Å². The van der Waals surface area contributed by atoms with E-state index >= 15 is 0 Å². The summed E-state index contributed by atoms with van der Waals surface area (Å²) in [7, 11) is 1.25. The van der Waals surface area contributed by atoms with E-state index in [-0.39, 0.29) is 29.6 Å². The van der Waals surface area contributed by atoms with Crippen LogP contribution >= 0.6 is 0 Å². The van der Waals surface area contributed by atoms with Crippen molar-refractivity contribution in [3.05, 3.63) is 47.8 Å². The number of hydrogen-bond acceptors (Lipinski definition) is 7. The third kappa shape index (κ3) is 3.42. The normalized spacial score (nSPS) is 16.7. The zero-order valence-corrected chi connectivity index (χ0v) is 13.6. The van der Waals surface area contributed by atoms with Gasteiger partial charge in [0.05, 0.1) is 19.6 Å². The molecule has 0 unspecified atom stereocenters. The molecule has 1 aliphatic rings. The number of likely N-dealkylation sites (tertiary alicyclic amines) is 1. The maximum Gasteiger partial charge on any atom is 0.341 e. The Morgan fingerprint density at radius 1 is 1.24 bits per heavy atom.